The number of alkyl halides is 1. The van der Waals surface area contributed by atoms with Gasteiger partial charge in [0.1, 0.15) is 0 Å². The van der Waals surface area contributed by atoms with E-state index >= 15 is 0 Å². The zero-order valence-electron chi connectivity index (χ0n) is 9.76. The van der Waals surface area contributed by atoms with Crippen molar-refractivity contribution in [1.29, 1.82) is 0 Å². The Morgan fingerprint density at radius 1 is 1.40 bits per heavy atom. The van der Waals surface area contributed by atoms with E-state index in [0.717, 1.165) is 25.2 Å². The Labute approximate surface area is 97.8 Å². The molecule has 1 atom stereocenters. The molecular weight excluding hydrogens is 210 g/mol. The molecule has 15 heavy (non-hydrogen) atoms. The summed E-state index contributed by atoms with van der Waals surface area (Å²) < 4.78 is 0. The Hall–Kier alpha value is -0.240. The summed E-state index contributed by atoms with van der Waals surface area (Å²) in [6, 6.07) is 0.217. The van der Waals surface area contributed by atoms with E-state index in [1.54, 1.807) is 0 Å². The summed E-state index contributed by atoms with van der Waals surface area (Å²) in [6.07, 6.45) is 5.36. The smallest absolute Gasteiger partial charge is 0.223 e. The molecule has 1 saturated carbocycles. The Morgan fingerprint density at radius 2 is 2.00 bits per heavy atom. The summed E-state index contributed by atoms with van der Waals surface area (Å²) in [5.41, 5.74) is 0. The number of carbonyl (C=O) groups is 1. The molecule has 1 aliphatic rings. The highest BCUT2D eigenvalue weighted by Crippen LogP contribution is 2.28. The highest BCUT2D eigenvalue weighted by Gasteiger charge is 2.24. The summed E-state index contributed by atoms with van der Waals surface area (Å²) in [7, 11) is 0. The van der Waals surface area contributed by atoms with Crippen molar-refractivity contribution in [2.45, 2.75) is 52.0 Å². The maximum atomic E-state index is 11.8. The molecule has 2 nitrogen and oxygen atoms in total. The van der Waals surface area contributed by atoms with E-state index in [1.807, 2.05) is 6.92 Å². The number of nitrogens with one attached hydrogen (secondary N) is 1. The van der Waals surface area contributed by atoms with Crippen molar-refractivity contribution in [3.63, 3.8) is 0 Å². The van der Waals surface area contributed by atoms with Gasteiger partial charge in [0.15, 0.2) is 0 Å². The second kappa shape index (κ2) is 6.37. The van der Waals surface area contributed by atoms with Gasteiger partial charge in [-0.05, 0) is 44.9 Å². The van der Waals surface area contributed by atoms with Crippen molar-refractivity contribution in [2.24, 2.45) is 11.8 Å². The van der Waals surface area contributed by atoms with E-state index in [0.29, 0.717) is 5.88 Å². The van der Waals surface area contributed by atoms with Crippen molar-refractivity contribution < 1.29 is 4.79 Å². The van der Waals surface area contributed by atoms with Gasteiger partial charge >= 0.3 is 0 Å². The van der Waals surface area contributed by atoms with E-state index < -0.39 is 0 Å². The molecule has 88 valence electrons. The third-order valence-electron chi connectivity index (χ3n) is 3.32. The van der Waals surface area contributed by atoms with Crippen LogP contribution in [0.15, 0.2) is 0 Å². The predicted octanol–water partition coefficient (Wildman–Crippen LogP) is 2.95. The Kier molecular flexibility index (Phi) is 5.44. The van der Waals surface area contributed by atoms with Gasteiger partial charge in [-0.3, -0.25) is 4.79 Å². The van der Waals surface area contributed by atoms with Crippen LogP contribution in [0.2, 0.25) is 0 Å². The monoisotopic (exact) mass is 231 g/mol. The van der Waals surface area contributed by atoms with Gasteiger partial charge in [-0.25, -0.2) is 0 Å². The minimum atomic E-state index is 0.217. The molecule has 0 heterocycles. The first-order chi connectivity index (χ1) is 7.13. The van der Waals surface area contributed by atoms with Crippen LogP contribution in [0.1, 0.15) is 46.0 Å². The number of hydrogen-bond acceptors (Lipinski definition) is 1. The van der Waals surface area contributed by atoms with Crippen LogP contribution in [0, 0.1) is 11.8 Å². The minimum Gasteiger partial charge on any atom is -0.353 e. The standard InChI is InChI=1S/C12H22ClNO/c1-9-3-5-11(6-4-9)12(15)14-10(2)7-8-13/h9-11H,3-8H2,1-2H3,(H,14,15). The topological polar surface area (TPSA) is 29.1 Å². The summed E-state index contributed by atoms with van der Waals surface area (Å²) in [6.45, 7) is 4.29. The van der Waals surface area contributed by atoms with Gasteiger partial charge < -0.3 is 5.32 Å². The average molecular weight is 232 g/mol. The molecule has 0 bridgehead atoms. The Morgan fingerprint density at radius 3 is 2.53 bits per heavy atom. The molecule has 0 aromatic rings. The molecule has 0 saturated heterocycles. The van der Waals surface area contributed by atoms with Crippen LogP contribution in [0.25, 0.3) is 0 Å². The third kappa shape index (κ3) is 4.42. The Balaban J connectivity index is 2.27. The quantitative estimate of drug-likeness (QED) is 0.741. The largest absolute Gasteiger partial charge is 0.353 e. The van der Waals surface area contributed by atoms with Crippen LogP contribution in [0.5, 0.6) is 0 Å². The fraction of sp³-hybridized carbons (Fsp3) is 0.917. The van der Waals surface area contributed by atoms with Crippen LogP contribution in [-0.4, -0.2) is 17.8 Å². The lowest BCUT2D eigenvalue weighted by molar-refractivity contribution is -0.126. The summed E-state index contributed by atoms with van der Waals surface area (Å²) in [5, 5.41) is 3.04. The molecule has 0 spiro atoms. The van der Waals surface area contributed by atoms with Gasteiger partial charge in [-0.15, -0.1) is 11.6 Å². The summed E-state index contributed by atoms with van der Waals surface area (Å²) in [5.74, 6) is 1.90. The lowest BCUT2D eigenvalue weighted by atomic mass is 9.82. The molecule has 0 radical (unpaired) electrons. The number of hydrogen-bond donors (Lipinski definition) is 1. The maximum absolute atomic E-state index is 11.8. The Bertz CT molecular complexity index is 200. The van der Waals surface area contributed by atoms with E-state index in [1.165, 1.54) is 12.8 Å². The third-order valence-corrected chi connectivity index (χ3v) is 3.54. The van der Waals surface area contributed by atoms with Gasteiger partial charge in [-0.2, -0.15) is 0 Å². The zero-order chi connectivity index (χ0) is 11.3. The molecular formula is C12H22ClNO. The van der Waals surface area contributed by atoms with Gasteiger partial charge in [0, 0.05) is 17.8 Å². The van der Waals surface area contributed by atoms with Gasteiger partial charge in [0.05, 0.1) is 0 Å². The van der Waals surface area contributed by atoms with Crippen molar-refractivity contribution >= 4 is 17.5 Å². The van der Waals surface area contributed by atoms with Crippen molar-refractivity contribution in [1.82, 2.24) is 5.32 Å². The highest BCUT2D eigenvalue weighted by molar-refractivity contribution is 6.17. The molecule has 1 amide bonds. The molecule has 0 aliphatic heterocycles. The van der Waals surface area contributed by atoms with Gasteiger partial charge in [0.2, 0.25) is 5.91 Å². The number of amides is 1. The van der Waals surface area contributed by atoms with Crippen molar-refractivity contribution in [2.75, 3.05) is 5.88 Å². The summed E-state index contributed by atoms with van der Waals surface area (Å²) in [4.78, 5) is 11.8. The first kappa shape index (κ1) is 12.8. The molecule has 1 aliphatic carbocycles. The average Bonchev–Trinajstić information content (AvgIpc) is 2.18. The van der Waals surface area contributed by atoms with Crippen molar-refractivity contribution in [3.05, 3.63) is 0 Å². The predicted molar refractivity (Wildman–Crippen MR) is 64.1 cm³/mol. The lowest BCUT2D eigenvalue weighted by Gasteiger charge is -2.26. The van der Waals surface area contributed by atoms with E-state index in [9.17, 15) is 4.79 Å². The minimum absolute atomic E-state index is 0.217. The normalized spacial score (nSPS) is 28.5. The van der Waals surface area contributed by atoms with Crippen LogP contribution in [-0.2, 0) is 4.79 Å². The van der Waals surface area contributed by atoms with Crippen LogP contribution < -0.4 is 5.32 Å². The molecule has 1 rings (SSSR count). The van der Waals surface area contributed by atoms with Crippen LogP contribution in [0.4, 0.5) is 0 Å². The maximum Gasteiger partial charge on any atom is 0.223 e. The summed E-state index contributed by atoms with van der Waals surface area (Å²) >= 11 is 5.63. The molecule has 1 N–H and O–H groups in total. The molecule has 1 unspecified atom stereocenters. The lowest BCUT2D eigenvalue weighted by Crippen LogP contribution is -2.38. The van der Waals surface area contributed by atoms with E-state index in [4.69, 9.17) is 11.6 Å². The number of rotatable bonds is 4. The van der Waals surface area contributed by atoms with Gasteiger partial charge in [-0.1, -0.05) is 6.92 Å². The SMILES string of the molecule is CC1CCC(C(=O)NC(C)CCCl)CC1. The van der Waals surface area contributed by atoms with Crippen LogP contribution >= 0.6 is 11.6 Å². The first-order valence-electron chi connectivity index (χ1n) is 5.99. The van der Waals surface area contributed by atoms with Gasteiger partial charge in [0.25, 0.3) is 0 Å². The fourth-order valence-electron chi connectivity index (χ4n) is 2.12. The first-order valence-corrected chi connectivity index (χ1v) is 6.53. The van der Waals surface area contributed by atoms with Crippen LogP contribution in [0.3, 0.4) is 0 Å². The molecule has 1 fully saturated rings. The van der Waals surface area contributed by atoms with E-state index in [2.05, 4.69) is 12.2 Å². The fourth-order valence-corrected chi connectivity index (χ4v) is 2.45. The van der Waals surface area contributed by atoms with E-state index in [-0.39, 0.29) is 17.9 Å². The zero-order valence-corrected chi connectivity index (χ0v) is 10.5. The second-order valence-electron chi connectivity index (χ2n) is 4.84. The number of halogens is 1. The number of carbonyl (C=O) groups excluding carboxylic acids is 1. The van der Waals surface area contributed by atoms with Crippen molar-refractivity contribution in [3.8, 4) is 0 Å². The highest BCUT2D eigenvalue weighted by atomic mass is 35.5. The molecule has 0 aromatic carbocycles. The molecule has 3 heteroatoms. The second-order valence-corrected chi connectivity index (χ2v) is 5.22. The molecule has 0 aromatic heterocycles.